The van der Waals surface area contributed by atoms with Crippen LogP contribution < -0.4 is 5.32 Å². The number of carbonyl (C=O) groups excluding carboxylic acids is 1. The van der Waals surface area contributed by atoms with Crippen LogP contribution >= 0.6 is 11.3 Å². The number of rotatable bonds is 7. The zero-order valence-corrected chi connectivity index (χ0v) is 18.5. The largest absolute Gasteiger partial charge is 0.355 e. The van der Waals surface area contributed by atoms with Gasteiger partial charge in [0.1, 0.15) is 0 Å². The molecule has 156 valence electrons. The molecule has 1 aromatic carbocycles. The van der Waals surface area contributed by atoms with Crippen molar-refractivity contribution in [2.24, 2.45) is 0 Å². The van der Waals surface area contributed by atoms with Crippen molar-refractivity contribution in [1.29, 1.82) is 0 Å². The molecule has 0 radical (unpaired) electrons. The second kappa shape index (κ2) is 8.99. The highest BCUT2D eigenvalue weighted by Gasteiger charge is 2.45. The molecule has 1 aliphatic heterocycles. The smallest absolute Gasteiger partial charge is 0.220 e. The van der Waals surface area contributed by atoms with Gasteiger partial charge in [0, 0.05) is 30.9 Å². The lowest BCUT2D eigenvalue weighted by molar-refractivity contribution is -0.121. The summed E-state index contributed by atoms with van der Waals surface area (Å²) >= 11 is 1.86. The predicted molar refractivity (Wildman–Crippen MR) is 120 cm³/mol. The van der Waals surface area contributed by atoms with Gasteiger partial charge >= 0.3 is 0 Å². The summed E-state index contributed by atoms with van der Waals surface area (Å²) in [6.45, 7) is 4.98. The van der Waals surface area contributed by atoms with Crippen LogP contribution in [0, 0.1) is 0 Å². The van der Waals surface area contributed by atoms with Crippen LogP contribution in [-0.2, 0) is 16.8 Å². The zero-order valence-electron chi connectivity index (χ0n) is 17.7. The highest BCUT2D eigenvalue weighted by atomic mass is 32.1. The van der Waals surface area contributed by atoms with E-state index in [4.69, 9.17) is 0 Å². The van der Waals surface area contributed by atoms with Crippen molar-refractivity contribution in [2.75, 3.05) is 40.3 Å². The van der Waals surface area contributed by atoms with Crippen molar-refractivity contribution in [3.05, 3.63) is 57.8 Å². The van der Waals surface area contributed by atoms with Gasteiger partial charge in [0.2, 0.25) is 5.91 Å². The van der Waals surface area contributed by atoms with Crippen LogP contribution in [0.1, 0.15) is 47.6 Å². The quantitative estimate of drug-likeness (QED) is 0.752. The minimum absolute atomic E-state index is 0.193. The van der Waals surface area contributed by atoms with E-state index in [-0.39, 0.29) is 11.3 Å². The van der Waals surface area contributed by atoms with E-state index in [1.807, 2.05) is 25.4 Å². The maximum absolute atomic E-state index is 12.6. The first-order valence-corrected chi connectivity index (χ1v) is 11.7. The van der Waals surface area contributed by atoms with E-state index < -0.39 is 0 Å². The molecule has 0 bridgehead atoms. The van der Waals surface area contributed by atoms with E-state index in [1.54, 1.807) is 0 Å². The number of piperidine rings is 1. The van der Waals surface area contributed by atoms with Crippen molar-refractivity contribution in [2.45, 2.75) is 43.6 Å². The summed E-state index contributed by atoms with van der Waals surface area (Å²) < 4.78 is 0. The zero-order chi connectivity index (χ0) is 20.3. The molecule has 1 fully saturated rings. The molecule has 29 heavy (non-hydrogen) atoms. The van der Waals surface area contributed by atoms with Crippen LogP contribution in [0.3, 0.4) is 0 Å². The van der Waals surface area contributed by atoms with E-state index in [1.165, 1.54) is 28.8 Å². The predicted octanol–water partition coefficient (Wildman–Crippen LogP) is 3.84. The van der Waals surface area contributed by atoms with Crippen LogP contribution in [-0.4, -0.2) is 56.0 Å². The summed E-state index contributed by atoms with van der Waals surface area (Å²) in [4.78, 5) is 18.7. The van der Waals surface area contributed by atoms with E-state index >= 15 is 0 Å². The van der Waals surface area contributed by atoms with Crippen molar-refractivity contribution < 1.29 is 4.79 Å². The molecule has 0 saturated carbocycles. The molecule has 4 rings (SSSR count). The summed E-state index contributed by atoms with van der Waals surface area (Å²) in [5, 5.41) is 5.28. The van der Waals surface area contributed by atoms with Gasteiger partial charge in [0.25, 0.3) is 0 Å². The van der Waals surface area contributed by atoms with Crippen molar-refractivity contribution in [3.63, 3.8) is 0 Å². The minimum atomic E-state index is 0.193. The lowest BCUT2D eigenvalue weighted by atomic mass is 9.73. The van der Waals surface area contributed by atoms with Crippen molar-refractivity contribution >= 4 is 17.2 Å². The third-order valence-corrected chi connectivity index (χ3v) is 7.56. The standard InChI is InChI=1S/C24H33N3OS/c1-26(2)14-11-25-23(28)16-19-17-24(22-8-4-3-7-21(19)22)9-12-27(13-10-24)18-20-6-5-15-29-20/h3-8,15,19H,9-14,16-18H2,1-2H3,(H,25,28). The molecule has 1 unspecified atom stereocenters. The number of hydrogen-bond donors (Lipinski definition) is 1. The maximum Gasteiger partial charge on any atom is 0.220 e. The van der Waals surface area contributed by atoms with Gasteiger partial charge in [-0.25, -0.2) is 0 Å². The summed E-state index contributed by atoms with van der Waals surface area (Å²) in [6, 6.07) is 13.3. The number of likely N-dealkylation sites (N-methyl/N-ethyl adjacent to an activating group) is 1. The molecule has 1 aliphatic carbocycles. The Morgan fingerprint density at radius 1 is 1.21 bits per heavy atom. The van der Waals surface area contributed by atoms with Crippen LogP contribution in [0.5, 0.6) is 0 Å². The van der Waals surface area contributed by atoms with Gasteiger partial charge < -0.3 is 10.2 Å². The van der Waals surface area contributed by atoms with E-state index in [0.29, 0.717) is 12.3 Å². The van der Waals surface area contributed by atoms with E-state index in [2.05, 4.69) is 56.9 Å². The summed E-state index contributed by atoms with van der Waals surface area (Å²) in [5.41, 5.74) is 3.20. The Morgan fingerprint density at radius 3 is 2.72 bits per heavy atom. The molecule has 1 aromatic heterocycles. The number of benzene rings is 1. The van der Waals surface area contributed by atoms with Crippen LogP contribution in [0.4, 0.5) is 0 Å². The van der Waals surface area contributed by atoms with Crippen molar-refractivity contribution in [3.8, 4) is 0 Å². The number of carbonyl (C=O) groups is 1. The Kier molecular flexibility index (Phi) is 6.38. The molecule has 2 aliphatic rings. The molecule has 1 saturated heterocycles. The minimum Gasteiger partial charge on any atom is -0.355 e. The maximum atomic E-state index is 12.6. The average Bonchev–Trinajstić information content (AvgIpc) is 3.31. The second-order valence-electron chi connectivity index (χ2n) is 8.98. The average molecular weight is 412 g/mol. The summed E-state index contributed by atoms with van der Waals surface area (Å²) in [6.07, 6.45) is 4.15. The molecule has 2 aromatic rings. The first kappa shape index (κ1) is 20.6. The topological polar surface area (TPSA) is 35.6 Å². The van der Waals surface area contributed by atoms with E-state index in [9.17, 15) is 4.79 Å². The molecule has 1 atom stereocenters. The second-order valence-corrected chi connectivity index (χ2v) is 10.0. The Balaban J connectivity index is 1.40. The van der Waals surface area contributed by atoms with Gasteiger partial charge in [-0.2, -0.15) is 0 Å². The number of amides is 1. The third kappa shape index (κ3) is 4.73. The number of thiophene rings is 1. The Morgan fingerprint density at radius 2 is 2.00 bits per heavy atom. The summed E-state index contributed by atoms with van der Waals surface area (Å²) in [5.74, 6) is 0.549. The van der Waals surface area contributed by atoms with E-state index in [0.717, 1.165) is 39.1 Å². The molecule has 1 spiro atoms. The fourth-order valence-corrected chi connectivity index (χ4v) is 5.91. The molecular weight excluding hydrogens is 378 g/mol. The first-order chi connectivity index (χ1) is 14.1. The van der Waals surface area contributed by atoms with Gasteiger partial charge in [-0.05, 0) is 80.4 Å². The highest BCUT2D eigenvalue weighted by molar-refractivity contribution is 7.09. The van der Waals surface area contributed by atoms with Gasteiger partial charge in [0.15, 0.2) is 0 Å². The first-order valence-electron chi connectivity index (χ1n) is 10.8. The fraction of sp³-hybridized carbons (Fsp3) is 0.542. The van der Waals surface area contributed by atoms with Crippen LogP contribution in [0.15, 0.2) is 41.8 Å². The van der Waals surface area contributed by atoms with Crippen molar-refractivity contribution in [1.82, 2.24) is 15.1 Å². The number of nitrogens with zero attached hydrogens (tertiary/aromatic N) is 2. The molecule has 5 heteroatoms. The number of hydrogen-bond acceptors (Lipinski definition) is 4. The summed E-state index contributed by atoms with van der Waals surface area (Å²) in [7, 11) is 4.07. The number of likely N-dealkylation sites (tertiary alicyclic amines) is 1. The van der Waals surface area contributed by atoms with Gasteiger partial charge in [-0.15, -0.1) is 11.3 Å². The van der Waals surface area contributed by atoms with Crippen LogP contribution in [0.2, 0.25) is 0 Å². The lowest BCUT2D eigenvalue weighted by Crippen LogP contribution is -2.41. The lowest BCUT2D eigenvalue weighted by Gasteiger charge is -2.40. The molecule has 2 heterocycles. The highest BCUT2D eigenvalue weighted by Crippen LogP contribution is 2.52. The molecule has 1 N–H and O–H groups in total. The van der Waals surface area contributed by atoms with Gasteiger partial charge in [-0.1, -0.05) is 30.3 Å². The fourth-order valence-electron chi connectivity index (χ4n) is 5.16. The normalized spacial score (nSPS) is 20.9. The van der Waals surface area contributed by atoms with Crippen LogP contribution in [0.25, 0.3) is 0 Å². The molecular formula is C24H33N3OS. The third-order valence-electron chi connectivity index (χ3n) is 6.69. The Bertz CT molecular complexity index is 809. The van der Waals surface area contributed by atoms with Gasteiger partial charge in [-0.3, -0.25) is 9.69 Å². The number of nitrogens with one attached hydrogen (secondary N) is 1. The monoisotopic (exact) mass is 411 g/mol. The Labute approximate surface area is 178 Å². The SMILES string of the molecule is CN(C)CCNC(=O)CC1CC2(CCN(Cc3cccs3)CC2)c2ccccc21. The molecule has 4 nitrogen and oxygen atoms in total. The molecule has 1 amide bonds. The van der Waals surface area contributed by atoms with Gasteiger partial charge in [0.05, 0.1) is 0 Å². The Hall–Kier alpha value is -1.69. The number of fused-ring (bicyclic) bond motifs is 2.